The molecule has 1 unspecified atom stereocenters. The van der Waals surface area contributed by atoms with Gasteiger partial charge in [0.15, 0.2) is 0 Å². The zero-order valence-corrected chi connectivity index (χ0v) is 6.47. The van der Waals surface area contributed by atoms with Gasteiger partial charge in [-0.2, -0.15) is 0 Å². The Morgan fingerprint density at radius 2 is 1.73 bits per heavy atom. The van der Waals surface area contributed by atoms with Crippen molar-refractivity contribution < 1.29 is 20.1 Å². The molecule has 1 aliphatic rings. The minimum Gasteiger partial charge on any atom is -0.394 e. The Morgan fingerprint density at radius 3 is 2.00 bits per heavy atom. The van der Waals surface area contributed by atoms with Gasteiger partial charge in [0.1, 0.15) is 18.3 Å². The van der Waals surface area contributed by atoms with Gasteiger partial charge in [0.2, 0.25) is 0 Å². The molecule has 0 aliphatic carbocycles. The molecule has 4 atom stereocenters. The van der Waals surface area contributed by atoms with Gasteiger partial charge >= 0.3 is 0 Å². The van der Waals surface area contributed by atoms with Crippen molar-refractivity contribution in [1.82, 2.24) is 0 Å². The summed E-state index contributed by atoms with van der Waals surface area (Å²) < 4.78 is 5.13. The van der Waals surface area contributed by atoms with E-state index < -0.39 is 18.3 Å². The fourth-order valence-electron chi connectivity index (χ4n) is 1.31. The van der Waals surface area contributed by atoms with E-state index >= 15 is 0 Å². The van der Waals surface area contributed by atoms with Crippen molar-refractivity contribution in [1.29, 1.82) is 0 Å². The largest absolute Gasteiger partial charge is 0.394 e. The zero-order valence-electron chi connectivity index (χ0n) is 6.47. The Balaban J connectivity index is 2.53. The minimum atomic E-state index is -0.940. The van der Waals surface area contributed by atoms with E-state index in [9.17, 15) is 10.2 Å². The lowest BCUT2D eigenvalue weighted by Gasteiger charge is -2.11. The van der Waals surface area contributed by atoms with Crippen LogP contribution in [0.2, 0.25) is 0 Å². The van der Waals surface area contributed by atoms with Gasteiger partial charge in [-0.25, -0.2) is 0 Å². The van der Waals surface area contributed by atoms with Crippen molar-refractivity contribution in [2.24, 2.45) is 0 Å². The van der Waals surface area contributed by atoms with Gasteiger partial charge in [-0.15, -0.1) is 0 Å². The summed E-state index contributed by atoms with van der Waals surface area (Å²) in [5.74, 6) is 0. The Kier molecular flexibility index (Phi) is 2.84. The van der Waals surface area contributed by atoms with Gasteiger partial charge in [0.05, 0.1) is 12.7 Å². The van der Waals surface area contributed by atoms with E-state index in [0.29, 0.717) is 6.42 Å². The predicted octanol–water partition coefficient (Wildman–Crippen LogP) is -1.12. The van der Waals surface area contributed by atoms with E-state index in [-0.39, 0.29) is 12.7 Å². The Labute approximate surface area is 65.4 Å². The van der Waals surface area contributed by atoms with Crippen molar-refractivity contribution >= 4 is 0 Å². The zero-order chi connectivity index (χ0) is 8.43. The number of aliphatic hydroxyl groups excluding tert-OH is 3. The number of hydrogen-bond donors (Lipinski definition) is 3. The molecule has 3 N–H and O–H groups in total. The monoisotopic (exact) mass is 162 g/mol. The molecule has 0 bridgehead atoms. The first kappa shape index (κ1) is 8.93. The Hall–Kier alpha value is -0.160. The molecule has 0 radical (unpaired) electrons. The number of hydrogen-bond acceptors (Lipinski definition) is 4. The van der Waals surface area contributed by atoms with Gasteiger partial charge in [-0.3, -0.25) is 0 Å². The maximum Gasteiger partial charge on any atom is 0.111 e. The molecule has 1 fully saturated rings. The third kappa shape index (κ3) is 1.54. The van der Waals surface area contributed by atoms with Gasteiger partial charge in [-0.1, -0.05) is 6.92 Å². The smallest absolute Gasteiger partial charge is 0.111 e. The Bertz CT molecular complexity index is 110. The van der Waals surface area contributed by atoms with E-state index in [0.717, 1.165) is 0 Å². The second-order valence-corrected chi connectivity index (χ2v) is 2.78. The third-order valence-corrected chi connectivity index (χ3v) is 2.04. The van der Waals surface area contributed by atoms with Crippen LogP contribution in [0.15, 0.2) is 0 Å². The maximum absolute atomic E-state index is 9.27. The van der Waals surface area contributed by atoms with Gasteiger partial charge in [0, 0.05) is 0 Å². The molecule has 0 aromatic heterocycles. The molecule has 1 saturated heterocycles. The lowest BCUT2D eigenvalue weighted by molar-refractivity contribution is -0.0226. The highest BCUT2D eigenvalue weighted by Gasteiger charge is 2.40. The SMILES string of the molecule is CC[C@H]1O[C@H](CO)[C@H](O)C1O. The molecule has 0 aromatic carbocycles. The second kappa shape index (κ2) is 3.49. The highest BCUT2D eigenvalue weighted by molar-refractivity contribution is 4.89. The number of aliphatic hydroxyl groups is 3. The normalized spacial score (nSPS) is 44.7. The van der Waals surface area contributed by atoms with Crippen molar-refractivity contribution in [2.45, 2.75) is 37.8 Å². The molecule has 66 valence electrons. The second-order valence-electron chi connectivity index (χ2n) is 2.78. The van der Waals surface area contributed by atoms with Crippen LogP contribution in [0.3, 0.4) is 0 Å². The summed E-state index contributed by atoms with van der Waals surface area (Å²) in [6.45, 7) is 1.62. The van der Waals surface area contributed by atoms with Crippen LogP contribution in [0.25, 0.3) is 0 Å². The van der Waals surface area contributed by atoms with Crippen LogP contribution in [0.4, 0.5) is 0 Å². The predicted molar refractivity (Wildman–Crippen MR) is 38.1 cm³/mol. The van der Waals surface area contributed by atoms with Crippen LogP contribution in [0.5, 0.6) is 0 Å². The molecule has 0 amide bonds. The van der Waals surface area contributed by atoms with Crippen LogP contribution in [0, 0.1) is 0 Å². The molecule has 1 heterocycles. The van der Waals surface area contributed by atoms with Gasteiger partial charge in [0.25, 0.3) is 0 Å². The van der Waals surface area contributed by atoms with Crippen LogP contribution in [-0.2, 0) is 4.74 Å². The summed E-state index contributed by atoms with van der Waals surface area (Å²) in [7, 11) is 0. The van der Waals surface area contributed by atoms with Crippen LogP contribution < -0.4 is 0 Å². The fraction of sp³-hybridized carbons (Fsp3) is 1.00. The molecule has 1 aliphatic heterocycles. The first-order valence-corrected chi connectivity index (χ1v) is 3.83. The van der Waals surface area contributed by atoms with Gasteiger partial charge in [-0.05, 0) is 6.42 Å². The van der Waals surface area contributed by atoms with Crippen molar-refractivity contribution in [3.05, 3.63) is 0 Å². The molecule has 1 rings (SSSR count). The minimum absolute atomic E-state index is 0.241. The lowest BCUT2D eigenvalue weighted by Crippen LogP contribution is -2.33. The molecule has 4 heteroatoms. The van der Waals surface area contributed by atoms with Crippen LogP contribution in [0.1, 0.15) is 13.3 Å². The van der Waals surface area contributed by atoms with Gasteiger partial charge < -0.3 is 20.1 Å². The fourth-order valence-corrected chi connectivity index (χ4v) is 1.31. The first-order valence-electron chi connectivity index (χ1n) is 3.83. The van der Waals surface area contributed by atoms with Crippen molar-refractivity contribution in [3.63, 3.8) is 0 Å². The molecular weight excluding hydrogens is 148 g/mol. The van der Waals surface area contributed by atoms with Crippen molar-refractivity contribution in [2.75, 3.05) is 6.61 Å². The topological polar surface area (TPSA) is 69.9 Å². The molecule has 4 nitrogen and oxygen atoms in total. The molecule has 0 aromatic rings. The summed E-state index contributed by atoms with van der Waals surface area (Å²) in [6, 6.07) is 0. The van der Waals surface area contributed by atoms with E-state index in [4.69, 9.17) is 9.84 Å². The van der Waals surface area contributed by atoms with Crippen molar-refractivity contribution in [3.8, 4) is 0 Å². The van der Waals surface area contributed by atoms with E-state index in [1.807, 2.05) is 6.92 Å². The highest BCUT2D eigenvalue weighted by atomic mass is 16.6. The quantitative estimate of drug-likeness (QED) is 0.481. The molecule has 0 saturated carbocycles. The average Bonchev–Trinajstić information content (AvgIpc) is 2.30. The van der Waals surface area contributed by atoms with Crippen LogP contribution in [-0.4, -0.2) is 46.3 Å². The van der Waals surface area contributed by atoms with E-state index in [2.05, 4.69) is 0 Å². The Morgan fingerprint density at radius 1 is 1.18 bits per heavy atom. The average molecular weight is 162 g/mol. The summed E-state index contributed by atoms with van der Waals surface area (Å²) in [5, 5.41) is 27.2. The molecule has 0 spiro atoms. The highest BCUT2D eigenvalue weighted by Crippen LogP contribution is 2.22. The van der Waals surface area contributed by atoms with E-state index in [1.54, 1.807) is 0 Å². The summed E-state index contributed by atoms with van der Waals surface area (Å²) in [5.41, 5.74) is 0. The summed E-state index contributed by atoms with van der Waals surface area (Å²) >= 11 is 0. The van der Waals surface area contributed by atoms with Crippen LogP contribution >= 0.6 is 0 Å². The van der Waals surface area contributed by atoms with E-state index in [1.165, 1.54) is 0 Å². The standard InChI is InChI=1S/C7H14O4/c1-2-4-6(9)7(10)5(3-8)11-4/h4-10H,2-3H2,1H3/t4-,5-,6?,7+/m1/s1. The lowest BCUT2D eigenvalue weighted by atomic mass is 10.1. The number of ether oxygens (including phenoxy) is 1. The number of rotatable bonds is 2. The molecule has 11 heavy (non-hydrogen) atoms. The first-order chi connectivity index (χ1) is 5.20. The summed E-state index contributed by atoms with van der Waals surface area (Å²) in [4.78, 5) is 0. The molecular formula is C7H14O4. The third-order valence-electron chi connectivity index (χ3n) is 2.04. The summed E-state index contributed by atoms with van der Waals surface area (Å²) in [6.07, 6.45) is -2.09. The maximum atomic E-state index is 9.27.